The van der Waals surface area contributed by atoms with E-state index in [-0.39, 0.29) is 40.0 Å². The number of nitrogens with two attached hydrogens (primary N) is 2. The molecular formula is C38H31N5O5. The second-order valence-corrected chi connectivity index (χ2v) is 10.7. The molecule has 0 bridgehead atoms. The number of nitrogen functional groups attached to an aromatic ring is 1. The van der Waals surface area contributed by atoms with E-state index in [0.29, 0.717) is 39.3 Å². The average Bonchev–Trinajstić information content (AvgIpc) is 3.11. The third-order valence-corrected chi connectivity index (χ3v) is 7.79. The highest BCUT2D eigenvalue weighted by molar-refractivity contribution is 6.10. The van der Waals surface area contributed by atoms with Gasteiger partial charge in [-0.15, -0.1) is 0 Å². The van der Waals surface area contributed by atoms with Gasteiger partial charge in [-0.05, 0) is 89.5 Å². The number of phenolic OH excluding ortho intramolecular Hbond substituents is 2. The zero-order valence-electron chi connectivity index (χ0n) is 26.1. The molecule has 1 unspecified atom stereocenters. The van der Waals surface area contributed by atoms with Crippen LogP contribution in [-0.4, -0.2) is 30.2 Å². The molecule has 1 atom stereocenters. The summed E-state index contributed by atoms with van der Waals surface area (Å²) in [5.41, 5.74) is 16.8. The predicted molar refractivity (Wildman–Crippen MR) is 183 cm³/mol. The van der Waals surface area contributed by atoms with Crippen LogP contribution in [0.25, 0.3) is 12.2 Å². The van der Waals surface area contributed by atoms with Crippen molar-refractivity contribution in [1.82, 2.24) is 0 Å². The van der Waals surface area contributed by atoms with E-state index in [9.17, 15) is 25.5 Å². The number of aromatic hydroxyl groups is 2. The number of ether oxygens (including phenoxy) is 2. The van der Waals surface area contributed by atoms with Gasteiger partial charge in [-0.3, -0.25) is 9.69 Å². The van der Waals surface area contributed by atoms with Crippen LogP contribution in [0.1, 0.15) is 28.2 Å². The van der Waals surface area contributed by atoms with Gasteiger partial charge in [-0.1, -0.05) is 36.4 Å². The Morgan fingerprint density at radius 1 is 0.792 bits per heavy atom. The second-order valence-electron chi connectivity index (χ2n) is 10.7. The Morgan fingerprint density at radius 2 is 1.38 bits per heavy atom. The first-order chi connectivity index (χ1) is 23.2. The molecule has 1 heterocycles. The molecule has 0 saturated heterocycles. The number of phenols is 2. The quantitative estimate of drug-likeness (QED) is 0.123. The van der Waals surface area contributed by atoms with Crippen molar-refractivity contribution in [3.63, 3.8) is 0 Å². The minimum Gasteiger partial charge on any atom is -0.504 e. The Balaban J connectivity index is 1.78. The molecule has 48 heavy (non-hydrogen) atoms. The number of ketones is 1. The van der Waals surface area contributed by atoms with Crippen molar-refractivity contribution in [1.29, 1.82) is 10.5 Å². The number of methoxy groups -OCH3 is 2. The topological polar surface area (TPSA) is 179 Å². The smallest absolute Gasteiger partial charge is 0.184 e. The van der Waals surface area contributed by atoms with Crippen LogP contribution in [0.3, 0.4) is 0 Å². The van der Waals surface area contributed by atoms with E-state index < -0.39 is 11.7 Å². The van der Waals surface area contributed by atoms with E-state index in [4.69, 9.17) is 20.9 Å². The number of hydrogen-bond donors (Lipinski definition) is 4. The number of benzene rings is 4. The van der Waals surface area contributed by atoms with Gasteiger partial charge in [0.2, 0.25) is 0 Å². The standard InChI is InChI=1S/C38H31N5O5/c1-47-34-19-23(6-16-31(34)44)5-15-30-37(33(46)18-8-24-7-17-32(45)35(20-24)48-2)36(26-9-3-25(21-39)4-10-26)29(22-40)38(42)43(30)28-13-11-27(41)12-14-28/h3-20,36,44-45H,41-42H2,1-2H3. The van der Waals surface area contributed by atoms with Crippen LogP contribution >= 0.6 is 0 Å². The molecule has 1 aliphatic heterocycles. The summed E-state index contributed by atoms with van der Waals surface area (Å²) in [6.07, 6.45) is 6.42. The molecule has 5 rings (SSSR count). The van der Waals surface area contributed by atoms with Crippen LogP contribution in [0, 0.1) is 22.7 Å². The lowest BCUT2D eigenvalue weighted by Gasteiger charge is -2.36. The van der Waals surface area contributed by atoms with Gasteiger partial charge in [-0.2, -0.15) is 10.5 Å². The lowest BCUT2D eigenvalue weighted by molar-refractivity contribution is -0.111. The highest BCUT2D eigenvalue weighted by atomic mass is 16.5. The summed E-state index contributed by atoms with van der Waals surface area (Å²) in [6, 6.07) is 27.3. The fourth-order valence-electron chi connectivity index (χ4n) is 5.38. The number of carbonyl (C=O) groups is 1. The Bertz CT molecular complexity index is 2080. The first-order valence-electron chi connectivity index (χ1n) is 14.6. The number of carbonyl (C=O) groups excluding carboxylic acids is 1. The third-order valence-electron chi connectivity index (χ3n) is 7.79. The molecule has 0 spiro atoms. The summed E-state index contributed by atoms with van der Waals surface area (Å²) in [6.45, 7) is 0. The Labute approximate surface area is 277 Å². The summed E-state index contributed by atoms with van der Waals surface area (Å²) in [4.78, 5) is 16.1. The molecular weight excluding hydrogens is 606 g/mol. The molecule has 0 amide bonds. The molecule has 4 aromatic carbocycles. The van der Waals surface area contributed by atoms with Crippen LogP contribution < -0.4 is 25.8 Å². The third kappa shape index (κ3) is 6.54. The Hall–Kier alpha value is -6.91. The van der Waals surface area contributed by atoms with E-state index in [1.807, 2.05) is 0 Å². The van der Waals surface area contributed by atoms with Gasteiger partial charge >= 0.3 is 0 Å². The van der Waals surface area contributed by atoms with Crippen LogP contribution in [0.2, 0.25) is 0 Å². The molecule has 10 nitrogen and oxygen atoms in total. The van der Waals surface area contributed by atoms with Crippen molar-refractivity contribution >= 4 is 29.3 Å². The number of anilines is 2. The molecule has 10 heteroatoms. The average molecular weight is 638 g/mol. The van der Waals surface area contributed by atoms with Gasteiger partial charge < -0.3 is 31.2 Å². The fraction of sp³-hybridized carbons (Fsp3) is 0.0789. The van der Waals surface area contributed by atoms with E-state index in [0.717, 1.165) is 0 Å². The minimum atomic E-state index is -0.909. The summed E-state index contributed by atoms with van der Waals surface area (Å²) < 4.78 is 10.5. The van der Waals surface area contributed by atoms with E-state index in [2.05, 4.69) is 12.1 Å². The maximum atomic E-state index is 14.5. The van der Waals surface area contributed by atoms with Crippen molar-refractivity contribution in [2.24, 2.45) is 5.73 Å². The Morgan fingerprint density at radius 3 is 1.92 bits per heavy atom. The first kappa shape index (κ1) is 32.5. The number of hydrogen-bond acceptors (Lipinski definition) is 10. The van der Waals surface area contributed by atoms with E-state index in [1.54, 1.807) is 95.9 Å². The highest BCUT2D eigenvalue weighted by Crippen LogP contribution is 2.44. The molecule has 0 aromatic heterocycles. The van der Waals surface area contributed by atoms with Crippen molar-refractivity contribution in [2.75, 3.05) is 24.9 Å². The number of rotatable bonds is 9. The van der Waals surface area contributed by atoms with Crippen molar-refractivity contribution in [3.8, 4) is 35.1 Å². The molecule has 0 radical (unpaired) electrons. The molecule has 0 fully saturated rings. The number of nitriles is 2. The van der Waals surface area contributed by atoms with Crippen LogP contribution in [0.15, 0.2) is 120 Å². The highest BCUT2D eigenvalue weighted by Gasteiger charge is 2.37. The van der Waals surface area contributed by atoms with Crippen LogP contribution in [-0.2, 0) is 4.79 Å². The van der Waals surface area contributed by atoms with Crippen molar-refractivity contribution in [2.45, 2.75) is 5.92 Å². The van der Waals surface area contributed by atoms with Crippen molar-refractivity contribution < 1.29 is 24.5 Å². The lowest BCUT2D eigenvalue weighted by atomic mass is 9.78. The van der Waals surface area contributed by atoms with Gasteiger partial charge in [0.15, 0.2) is 28.8 Å². The predicted octanol–water partition coefficient (Wildman–Crippen LogP) is 6.12. The van der Waals surface area contributed by atoms with Crippen molar-refractivity contribution in [3.05, 3.63) is 142 Å². The van der Waals surface area contributed by atoms with E-state index in [1.165, 1.54) is 32.4 Å². The summed E-state index contributed by atoms with van der Waals surface area (Å²) >= 11 is 0. The van der Waals surface area contributed by atoms with Gasteiger partial charge in [0.05, 0.1) is 49.1 Å². The second kappa shape index (κ2) is 14.0. The Kier molecular flexibility index (Phi) is 9.49. The first-order valence-corrected chi connectivity index (χ1v) is 14.6. The largest absolute Gasteiger partial charge is 0.504 e. The van der Waals surface area contributed by atoms with Crippen LogP contribution in [0.4, 0.5) is 11.4 Å². The SMILES string of the molecule is COc1cc(C=CC(=O)C2=C(C=Cc3ccc(O)c(OC)c3)N(c3ccc(N)cc3)C(N)=C(C#N)C2c2ccc(C#N)cc2)ccc1O. The van der Waals surface area contributed by atoms with Gasteiger partial charge in [0.25, 0.3) is 0 Å². The summed E-state index contributed by atoms with van der Waals surface area (Å²) in [5, 5.41) is 40.2. The van der Waals surface area contributed by atoms with Crippen LogP contribution in [0.5, 0.6) is 23.0 Å². The molecule has 0 saturated carbocycles. The zero-order valence-corrected chi connectivity index (χ0v) is 26.1. The maximum Gasteiger partial charge on any atom is 0.184 e. The molecule has 0 aliphatic carbocycles. The van der Waals surface area contributed by atoms with Gasteiger partial charge in [0, 0.05) is 16.9 Å². The molecule has 4 aromatic rings. The molecule has 238 valence electrons. The van der Waals surface area contributed by atoms with E-state index >= 15 is 0 Å². The maximum absolute atomic E-state index is 14.5. The van der Waals surface area contributed by atoms with Gasteiger partial charge in [-0.25, -0.2) is 0 Å². The number of nitrogens with zero attached hydrogens (tertiary/aromatic N) is 3. The summed E-state index contributed by atoms with van der Waals surface area (Å²) in [7, 11) is 2.87. The molecule has 1 aliphatic rings. The zero-order chi connectivity index (χ0) is 34.4. The lowest BCUT2D eigenvalue weighted by Crippen LogP contribution is -2.36. The monoisotopic (exact) mass is 637 g/mol. The van der Waals surface area contributed by atoms with Gasteiger partial charge in [0.1, 0.15) is 5.82 Å². The molecule has 6 N–H and O–H groups in total. The minimum absolute atomic E-state index is 0.0337. The normalized spacial score (nSPS) is 14.7. The number of allylic oxidation sites excluding steroid dienone is 4. The fourth-order valence-corrected chi connectivity index (χ4v) is 5.38. The summed E-state index contributed by atoms with van der Waals surface area (Å²) in [5.74, 6) is -0.823.